The summed E-state index contributed by atoms with van der Waals surface area (Å²) in [5.74, 6) is 1.57. The quantitative estimate of drug-likeness (QED) is 0.695. The zero-order valence-electron chi connectivity index (χ0n) is 9.29. The van der Waals surface area contributed by atoms with E-state index in [9.17, 15) is 9.59 Å². The Labute approximate surface area is 90.4 Å². The Morgan fingerprint density at radius 1 is 1.40 bits per heavy atom. The van der Waals surface area contributed by atoms with Gasteiger partial charge in [-0.2, -0.15) is 0 Å². The number of hydrogen-bond acceptors (Lipinski definition) is 2. The highest BCUT2D eigenvalue weighted by Gasteiger charge is 2.66. The average molecular weight is 206 g/mol. The van der Waals surface area contributed by atoms with Crippen molar-refractivity contribution in [2.45, 2.75) is 45.4 Å². The van der Waals surface area contributed by atoms with Crippen LogP contribution in [0.15, 0.2) is 0 Å². The van der Waals surface area contributed by atoms with Crippen molar-refractivity contribution in [1.82, 2.24) is 0 Å². The lowest BCUT2D eigenvalue weighted by atomic mass is 9.76. The normalized spacial score (nSPS) is 41.7. The molecule has 2 heteroatoms. The summed E-state index contributed by atoms with van der Waals surface area (Å²) < 4.78 is 0. The molecule has 3 saturated carbocycles. The van der Waals surface area contributed by atoms with E-state index in [1.165, 1.54) is 12.8 Å². The van der Waals surface area contributed by atoms with Crippen LogP contribution < -0.4 is 0 Å². The van der Waals surface area contributed by atoms with E-state index >= 15 is 0 Å². The molecule has 0 amide bonds. The molecule has 0 saturated heterocycles. The molecule has 3 rings (SSSR count). The molecule has 82 valence electrons. The maximum atomic E-state index is 12.2. The topological polar surface area (TPSA) is 34.1 Å². The van der Waals surface area contributed by atoms with E-state index < -0.39 is 0 Å². The van der Waals surface area contributed by atoms with E-state index in [1.54, 1.807) is 0 Å². The molecule has 3 atom stereocenters. The van der Waals surface area contributed by atoms with Crippen LogP contribution in [0.5, 0.6) is 0 Å². The van der Waals surface area contributed by atoms with Crippen molar-refractivity contribution in [2.75, 3.05) is 0 Å². The van der Waals surface area contributed by atoms with Crippen molar-refractivity contribution in [3.05, 3.63) is 0 Å². The minimum Gasteiger partial charge on any atom is -0.300 e. The molecule has 3 aliphatic rings. The second-order valence-electron chi connectivity index (χ2n) is 5.89. The van der Waals surface area contributed by atoms with E-state index in [4.69, 9.17) is 0 Å². The fraction of sp³-hybridized carbons (Fsp3) is 0.846. The Bertz CT molecular complexity index is 327. The average Bonchev–Trinajstić information content (AvgIpc) is 3.11. The molecule has 0 N–H and O–H groups in total. The predicted octanol–water partition coefficient (Wildman–Crippen LogP) is 2.36. The van der Waals surface area contributed by atoms with Gasteiger partial charge in [0.05, 0.1) is 0 Å². The lowest BCUT2D eigenvalue weighted by Crippen LogP contribution is -2.31. The van der Waals surface area contributed by atoms with Gasteiger partial charge in [0, 0.05) is 24.7 Å². The Morgan fingerprint density at radius 2 is 2.13 bits per heavy atom. The molecular weight excluding hydrogens is 188 g/mol. The summed E-state index contributed by atoms with van der Waals surface area (Å²) >= 11 is 0. The molecule has 3 aliphatic carbocycles. The van der Waals surface area contributed by atoms with Gasteiger partial charge in [0.1, 0.15) is 11.6 Å². The molecule has 1 spiro atoms. The van der Waals surface area contributed by atoms with Gasteiger partial charge in [0.2, 0.25) is 0 Å². The molecule has 0 aromatic rings. The summed E-state index contributed by atoms with van der Waals surface area (Å²) in [4.78, 5) is 23.6. The molecular formula is C13H18O2. The minimum absolute atomic E-state index is 0.0659. The Balaban J connectivity index is 1.69. The molecule has 0 aromatic heterocycles. The molecule has 0 heterocycles. The van der Waals surface area contributed by atoms with Crippen LogP contribution in [0, 0.1) is 23.2 Å². The number of hydrogen-bond donors (Lipinski definition) is 0. The third-order valence-corrected chi connectivity index (χ3v) is 4.80. The number of rotatable bonds is 2. The van der Waals surface area contributed by atoms with Crippen LogP contribution in [0.1, 0.15) is 45.4 Å². The van der Waals surface area contributed by atoms with Gasteiger partial charge in [-0.1, -0.05) is 6.92 Å². The molecule has 3 unspecified atom stereocenters. The van der Waals surface area contributed by atoms with Crippen molar-refractivity contribution in [3.63, 3.8) is 0 Å². The third-order valence-electron chi connectivity index (χ3n) is 4.80. The number of ketones is 2. The van der Waals surface area contributed by atoms with Gasteiger partial charge in [-0.15, -0.1) is 0 Å². The highest BCUT2D eigenvalue weighted by molar-refractivity contribution is 5.92. The highest BCUT2D eigenvalue weighted by Crippen LogP contribution is 2.71. The first-order chi connectivity index (χ1) is 7.12. The van der Waals surface area contributed by atoms with Gasteiger partial charge < -0.3 is 0 Å². The third kappa shape index (κ3) is 1.45. The first kappa shape index (κ1) is 9.56. The minimum atomic E-state index is 0.0659. The van der Waals surface area contributed by atoms with Gasteiger partial charge in [-0.25, -0.2) is 0 Å². The fourth-order valence-corrected chi connectivity index (χ4v) is 3.24. The van der Waals surface area contributed by atoms with E-state index in [0.717, 1.165) is 12.8 Å². The van der Waals surface area contributed by atoms with Crippen molar-refractivity contribution in [1.29, 1.82) is 0 Å². The number of Topliss-reactive ketones (excluding diaryl/α,β-unsaturated/α-hetero) is 2. The van der Waals surface area contributed by atoms with Gasteiger partial charge >= 0.3 is 0 Å². The van der Waals surface area contributed by atoms with Crippen molar-refractivity contribution in [3.8, 4) is 0 Å². The van der Waals surface area contributed by atoms with Crippen LogP contribution in [-0.2, 0) is 9.59 Å². The molecule has 15 heavy (non-hydrogen) atoms. The van der Waals surface area contributed by atoms with E-state index in [-0.39, 0.29) is 5.92 Å². The predicted molar refractivity (Wildman–Crippen MR) is 56.3 cm³/mol. The molecule has 0 aliphatic heterocycles. The van der Waals surface area contributed by atoms with Crippen molar-refractivity contribution >= 4 is 11.6 Å². The highest BCUT2D eigenvalue weighted by atomic mass is 16.1. The van der Waals surface area contributed by atoms with Crippen LogP contribution >= 0.6 is 0 Å². The summed E-state index contributed by atoms with van der Waals surface area (Å²) in [6, 6.07) is 0. The maximum Gasteiger partial charge on any atom is 0.140 e. The standard InChI is InChI=1S/C13H18O2/c1-8-2-3-9(14)6-10(8)12(15)11-7-13(11)4-5-13/h8,10-11H,2-7H2,1H3. The van der Waals surface area contributed by atoms with Crippen molar-refractivity contribution < 1.29 is 9.59 Å². The summed E-state index contributed by atoms with van der Waals surface area (Å²) in [6.07, 6.45) is 5.81. The van der Waals surface area contributed by atoms with Crippen LogP contribution in [0.3, 0.4) is 0 Å². The van der Waals surface area contributed by atoms with E-state index in [1.807, 2.05) is 0 Å². The van der Waals surface area contributed by atoms with Crippen LogP contribution in [0.25, 0.3) is 0 Å². The van der Waals surface area contributed by atoms with Crippen LogP contribution in [-0.4, -0.2) is 11.6 Å². The monoisotopic (exact) mass is 206 g/mol. The molecule has 0 aromatic carbocycles. The smallest absolute Gasteiger partial charge is 0.140 e. The largest absolute Gasteiger partial charge is 0.300 e. The van der Waals surface area contributed by atoms with Gasteiger partial charge in [-0.05, 0) is 37.0 Å². The number of carbonyl (C=O) groups excluding carboxylic acids is 2. The Hall–Kier alpha value is -0.660. The second-order valence-corrected chi connectivity index (χ2v) is 5.89. The molecule has 3 fully saturated rings. The van der Waals surface area contributed by atoms with E-state index in [0.29, 0.717) is 41.7 Å². The number of carbonyl (C=O) groups is 2. The van der Waals surface area contributed by atoms with E-state index in [2.05, 4.69) is 6.92 Å². The summed E-state index contributed by atoms with van der Waals surface area (Å²) in [7, 11) is 0. The first-order valence-corrected chi connectivity index (χ1v) is 6.18. The van der Waals surface area contributed by atoms with Crippen molar-refractivity contribution in [2.24, 2.45) is 23.2 Å². The molecule has 0 bridgehead atoms. The first-order valence-electron chi connectivity index (χ1n) is 6.18. The molecule has 0 radical (unpaired) electrons. The zero-order chi connectivity index (χ0) is 10.6. The van der Waals surface area contributed by atoms with Gasteiger partial charge in [-0.3, -0.25) is 9.59 Å². The van der Waals surface area contributed by atoms with Gasteiger partial charge in [0.25, 0.3) is 0 Å². The fourth-order valence-electron chi connectivity index (χ4n) is 3.24. The Morgan fingerprint density at radius 3 is 2.73 bits per heavy atom. The summed E-state index contributed by atoms with van der Waals surface area (Å²) in [5.41, 5.74) is 0.456. The Kier molecular flexibility index (Phi) is 1.87. The lowest BCUT2D eigenvalue weighted by Gasteiger charge is -2.26. The zero-order valence-corrected chi connectivity index (χ0v) is 9.29. The second kappa shape index (κ2) is 2.93. The van der Waals surface area contributed by atoms with Crippen LogP contribution in [0.4, 0.5) is 0 Å². The maximum absolute atomic E-state index is 12.2. The van der Waals surface area contributed by atoms with Gasteiger partial charge in [0.15, 0.2) is 0 Å². The summed E-state index contributed by atoms with van der Waals surface area (Å²) in [6.45, 7) is 2.14. The van der Waals surface area contributed by atoms with Crippen LogP contribution in [0.2, 0.25) is 0 Å². The summed E-state index contributed by atoms with van der Waals surface area (Å²) in [5, 5.41) is 0. The molecule has 2 nitrogen and oxygen atoms in total. The SMILES string of the molecule is CC1CCC(=O)CC1C(=O)C1CC12CC2. The lowest BCUT2D eigenvalue weighted by molar-refractivity contribution is -0.133.